The maximum atomic E-state index is 13.1. The molecule has 2 aliphatic rings. The lowest BCUT2D eigenvalue weighted by molar-refractivity contribution is -0.117. The first kappa shape index (κ1) is 16.3. The van der Waals surface area contributed by atoms with E-state index in [9.17, 15) is 9.59 Å². The van der Waals surface area contributed by atoms with E-state index in [-0.39, 0.29) is 17.7 Å². The van der Waals surface area contributed by atoms with Gasteiger partial charge in [0.1, 0.15) is 0 Å². The van der Waals surface area contributed by atoms with Crippen LogP contribution in [0, 0.1) is 12.8 Å². The first-order valence-electron chi connectivity index (χ1n) is 8.73. The molecule has 2 amide bonds. The van der Waals surface area contributed by atoms with Crippen LogP contribution in [-0.4, -0.2) is 27.7 Å². The molecule has 0 radical (unpaired) electrons. The van der Waals surface area contributed by atoms with Crippen molar-refractivity contribution in [3.63, 3.8) is 0 Å². The number of nitrogens with zero attached hydrogens (tertiary/aromatic N) is 2. The van der Waals surface area contributed by atoms with E-state index in [1.807, 2.05) is 36.2 Å². The fourth-order valence-corrected chi connectivity index (χ4v) is 3.93. The highest BCUT2D eigenvalue weighted by molar-refractivity contribution is 7.18. The molecule has 2 saturated carbocycles. The van der Waals surface area contributed by atoms with Crippen LogP contribution in [0.4, 0.5) is 5.00 Å². The molecule has 0 aliphatic heterocycles. The zero-order valence-corrected chi connectivity index (χ0v) is 15.0. The molecule has 2 aromatic rings. The second kappa shape index (κ2) is 6.59. The van der Waals surface area contributed by atoms with Crippen LogP contribution >= 0.6 is 11.3 Å². The number of rotatable bonds is 6. The molecule has 1 N–H and O–H groups in total. The van der Waals surface area contributed by atoms with Gasteiger partial charge in [-0.3, -0.25) is 14.6 Å². The Kier molecular flexibility index (Phi) is 4.29. The van der Waals surface area contributed by atoms with Gasteiger partial charge < -0.3 is 10.2 Å². The van der Waals surface area contributed by atoms with Crippen LogP contribution in [0.2, 0.25) is 0 Å². The molecular weight excluding hydrogens is 334 g/mol. The van der Waals surface area contributed by atoms with Gasteiger partial charge in [-0.15, -0.1) is 11.3 Å². The molecule has 2 fully saturated rings. The molecule has 2 aliphatic carbocycles. The maximum Gasteiger partial charge on any atom is 0.264 e. The van der Waals surface area contributed by atoms with Crippen LogP contribution in [0.15, 0.2) is 30.6 Å². The van der Waals surface area contributed by atoms with Gasteiger partial charge in [0, 0.05) is 30.9 Å². The van der Waals surface area contributed by atoms with Crippen LogP contribution in [0.1, 0.15) is 46.5 Å². The minimum Gasteiger partial charge on any atom is -0.331 e. The van der Waals surface area contributed by atoms with Gasteiger partial charge in [0.15, 0.2) is 0 Å². The third-order valence-corrected chi connectivity index (χ3v) is 5.77. The highest BCUT2D eigenvalue weighted by atomic mass is 32.1. The number of pyridine rings is 1. The number of carbonyl (C=O) groups is 2. The molecule has 6 heteroatoms. The molecule has 0 unspecified atom stereocenters. The van der Waals surface area contributed by atoms with Crippen LogP contribution in [-0.2, 0) is 11.3 Å². The van der Waals surface area contributed by atoms with E-state index in [1.54, 1.807) is 6.20 Å². The van der Waals surface area contributed by atoms with Crippen molar-refractivity contribution in [1.82, 2.24) is 9.88 Å². The lowest BCUT2D eigenvalue weighted by Gasteiger charge is -2.22. The van der Waals surface area contributed by atoms with E-state index in [4.69, 9.17) is 0 Å². The van der Waals surface area contributed by atoms with Crippen LogP contribution in [0.3, 0.4) is 0 Å². The van der Waals surface area contributed by atoms with Gasteiger partial charge in [0.05, 0.1) is 9.88 Å². The van der Waals surface area contributed by atoms with Crippen molar-refractivity contribution in [3.8, 4) is 0 Å². The molecule has 2 heterocycles. The molecule has 5 nitrogen and oxygen atoms in total. The SMILES string of the molecule is Cc1cc(NC(=O)C2CC2)sc1C(=O)N(Cc1cccnc1)C1CC1. The highest BCUT2D eigenvalue weighted by Crippen LogP contribution is 2.35. The Labute approximate surface area is 151 Å². The molecule has 0 bridgehead atoms. The van der Waals surface area contributed by atoms with E-state index in [0.29, 0.717) is 12.6 Å². The first-order valence-corrected chi connectivity index (χ1v) is 9.54. The van der Waals surface area contributed by atoms with E-state index >= 15 is 0 Å². The van der Waals surface area contributed by atoms with E-state index < -0.39 is 0 Å². The Balaban J connectivity index is 1.51. The molecule has 0 atom stereocenters. The maximum absolute atomic E-state index is 13.1. The predicted octanol–water partition coefficient (Wildman–Crippen LogP) is 3.60. The molecule has 25 heavy (non-hydrogen) atoms. The van der Waals surface area contributed by atoms with Crippen molar-refractivity contribution in [1.29, 1.82) is 0 Å². The number of aryl methyl sites for hydroxylation is 1. The summed E-state index contributed by atoms with van der Waals surface area (Å²) >= 11 is 1.39. The summed E-state index contributed by atoms with van der Waals surface area (Å²) < 4.78 is 0. The van der Waals surface area contributed by atoms with Crippen molar-refractivity contribution in [2.75, 3.05) is 5.32 Å². The number of amides is 2. The normalized spacial score (nSPS) is 16.5. The summed E-state index contributed by atoms with van der Waals surface area (Å²) in [5, 5.41) is 3.73. The summed E-state index contributed by atoms with van der Waals surface area (Å²) in [6.45, 7) is 2.52. The number of carbonyl (C=O) groups excluding carboxylic acids is 2. The van der Waals surface area contributed by atoms with Gasteiger partial charge in [-0.2, -0.15) is 0 Å². The van der Waals surface area contributed by atoms with Crippen molar-refractivity contribution in [2.45, 2.75) is 45.2 Å². The van der Waals surface area contributed by atoms with Gasteiger partial charge in [0.2, 0.25) is 5.91 Å². The average Bonchev–Trinajstić information content (AvgIpc) is 3.51. The average molecular weight is 355 g/mol. The van der Waals surface area contributed by atoms with Crippen LogP contribution in [0.5, 0.6) is 0 Å². The van der Waals surface area contributed by atoms with E-state index in [2.05, 4.69) is 10.3 Å². The fourth-order valence-electron chi connectivity index (χ4n) is 2.90. The van der Waals surface area contributed by atoms with Crippen molar-refractivity contribution >= 4 is 28.2 Å². The summed E-state index contributed by atoms with van der Waals surface area (Å²) in [6.07, 6.45) is 7.62. The Morgan fingerprint density at radius 3 is 2.76 bits per heavy atom. The van der Waals surface area contributed by atoms with Crippen molar-refractivity contribution < 1.29 is 9.59 Å². The molecule has 0 spiro atoms. The third kappa shape index (κ3) is 3.74. The van der Waals surface area contributed by atoms with Crippen molar-refractivity contribution in [2.24, 2.45) is 5.92 Å². The molecule has 4 rings (SSSR count). The topological polar surface area (TPSA) is 62.3 Å². The number of aromatic nitrogens is 1. The summed E-state index contributed by atoms with van der Waals surface area (Å²) in [7, 11) is 0. The molecular formula is C19H21N3O2S. The van der Waals surface area contributed by atoms with Gasteiger partial charge >= 0.3 is 0 Å². The molecule has 130 valence electrons. The van der Waals surface area contributed by atoms with Gasteiger partial charge in [0.25, 0.3) is 5.91 Å². The molecule has 2 aromatic heterocycles. The number of thiophene rings is 1. The Bertz CT molecular complexity index is 794. The number of hydrogen-bond donors (Lipinski definition) is 1. The zero-order valence-electron chi connectivity index (χ0n) is 14.2. The van der Waals surface area contributed by atoms with Crippen LogP contribution < -0.4 is 5.32 Å². The minimum atomic E-state index is 0.0563. The van der Waals surface area contributed by atoms with E-state index in [1.165, 1.54) is 11.3 Å². The highest BCUT2D eigenvalue weighted by Gasteiger charge is 2.35. The fraction of sp³-hybridized carbons (Fsp3) is 0.421. The standard InChI is InChI=1S/C19H21N3O2S/c1-12-9-16(21-18(23)14-4-5-14)25-17(12)19(24)22(15-6-7-15)11-13-3-2-8-20-10-13/h2-3,8-10,14-15H,4-7,11H2,1H3,(H,21,23). The van der Waals surface area contributed by atoms with Gasteiger partial charge in [-0.25, -0.2) is 0 Å². The second-order valence-corrected chi connectivity index (χ2v) is 7.96. The number of anilines is 1. The minimum absolute atomic E-state index is 0.0563. The first-order chi connectivity index (χ1) is 12.1. The zero-order chi connectivity index (χ0) is 17.4. The smallest absolute Gasteiger partial charge is 0.264 e. The third-order valence-electron chi connectivity index (χ3n) is 4.63. The second-order valence-electron chi connectivity index (χ2n) is 6.91. The molecule has 0 aromatic carbocycles. The largest absolute Gasteiger partial charge is 0.331 e. The van der Waals surface area contributed by atoms with E-state index in [0.717, 1.165) is 46.7 Å². The molecule has 0 saturated heterocycles. The summed E-state index contributed by atoms with van der Waals surface area (Å²) in [5.41, 5.74) is 1.97. The Hall–Kier alpha value is -2.21. The Morgan fingerprint density at radius 1 is 1.32 bits per heavy atom. The van der Waals surface area contributed by atoms with Gasteiger partial charge in [-0.1, -0.05) is 6.07 Å². The monoisotopic (exact) mass is 355 g/mol. The lowest BCUT2D eigenvalue weighted by Crippen LogP contribution is -2.32. The number of nitrogens with one attached hydrogen (secondary N) is 1. The Morgan fingerprint density at radius 2 is 2.12 bits per heavy atom. The predicted molar refractivity (Wildman–Crippen MR) is 97.5 cm³/mol. The quantitative estimate of drug-likeness (QED) is 0.861. The summed E-state index contributed by atoms with van der Waals surface area (Å²) in [5.74, 6) is 0.297. The lowest BCUT2D eigenvalue weighted by atomic mass is 10.2. The number of hydrogen-bond acceptors (Lipinski definition) is 4. The van der Waals surface area contributed by atoms with Gasteiger partial charge in [-0.05, 0) is 55.9 Å². The van der Waals surface area contributed by atoms with Crippen LogP contribution in [0.25, 0.3) is 0 Å². The van der Waals surface area contributed by atoms with Crippen molar-refractivity contribution in [3.05, 3.63) is 46.6 Å². The summed E-state index contributed by atoms with van der Waals surface area (Å²) in [4.78, 5) is 31.9. The summed E-state index contributed by atoms with van der Waals surface area (Å²) in [6, 6.07) is 6.12.